The Bertz CT molecular complexity index is 559. The number of carboxylic acids is 1. The minimum Gasteiger partial charge on any atom is -0.481 e. The SMILES string of the molecule is CCC(C(=O)c1ccc(C)c(C)c1)N1CCC(C(=O)O)CC1. The molecule has 1 heterocycles. The predicted octanol–water partition coefficient (Wildman–Crippen LogP) is 3.06. The van der Waals surface area contributed by atoms with Crippen molar-refractivity contribution in [2.75, 3.05) is 13.1 Å². The number of carbonyl (C=O) groups excluding carboxylic acids is 1. The first kappa shape index (κ1) is 16.7. The van der Waals surface area contributed by atoms with Gasteiger partial charge in [-0.25, -0.2) is 0 Å². The van der Waals surface area contributed by atoms with Gasteiger partial charge in [0, 0.05) is 5.56 Å². The minimum absolute atomic E-state index is 0.142. The van der Waals surface area contributed by atoms with Gasteiger partial charge < -0.3 is 5.11 Å². The first-order valence-electron chi connectivity index (χ1n) is 8.02. The molecule has 1 unspecified atom stereocenters. The molecule has 0 bridgehead atoms. The fourth-order valence-electron chi connectivity index (χ4n) is 3.15. The van der Waals surface area contributed by atoms with Crippen molar-refractivity contribution in [3.05, 3.63) is 34.9 Å². The lowest BCUT2D eigenvalue weighted by atomic mass is 9.92. The topological polar surface area (TPSA) is 57.6 Å². The van der Waals surface area contributed by atoms with Crippen LogP contribution < -0.4 is 0 Å². The zero-order valence-electron chi connectivity index (χ0n) is 13.6. The van der Waals surface area contributed by atoms with Crippen LogP contribution in [0, 0.1) is 19.8 Å². The first-order valence-corrected chi connectivity index (χ1v) is 8.02. The lowest BCUT2D eigenvalue weighted by Crippen LogP contribution is -2.46. The summed E-state index contributed by atoms with van der Waals surface area (Å²) in [5, 5.41) is 9.08. The largest absolute Gasteiger partial charge is 0.481 e. The Morgan fingerprint density at radius 1 is 1.23 bits per heavy atom. The van der Waals surface area contributed by atoms with Gasteiger partial charge in [-0.15, -0.1) is 0 Å². The van der Waals surface area contributed by atoms with Crippen LogP contribution in [0.15, 0.2) is 18.2 Å². The molecular weight excluding hydrogens is 278 g/mol. The molecule has 1 saturated heterocycles. The van der Waals surface area contributed by atoms with E-state index in [2.05, 4.69) is 4.90 Å². The van der Waals surface area contributed by atoms with Crippen LogP contribution in [0.5, 0.6) is 0 Å². The molecule has 0 spiro atoms. The van der Waals surface area contributed by atoms with Crippen LogP contribution in [0.1, 0.15) is 47.7 Å². The van der Waals surface area contributed by atoms with Gasteiger partial charge >= 0.3 is 5.97 Å². The summed E-state index contributed by atoms with van der Waals surface area (Å²) in [6.45, 7) is 7.45. The molecule has 4 nitrogen and oxygen atoms in total. The highest BCUT2D eigenvalue weighted by atomic mass is 16.4. The Balaban J connectivity index is 2.09. The van der Waals surface area contributed by atoms with Gasteiger partial charge in [-0.1, -0.05) is 19.1 Å². The quantitative estimate of drug-likeness (QED) is 0.849. The van der Waals surface area contributed by atoms with E-state index in [4.69, 9.17) is 5.11 Å². The number of ketones is 1. The lowest BCUT2D eigenvalue weighted by molar-refractivity contribution is -0.143. The van der Waals surface area contributed by atoms with E-state index in [1.54, 1.807) is 0 Å². The van der Waals surface area contributed by atoms with E-state index in [9.17, 15) is 9.59 Å². The first-order chi connectivity index (χ1) is 10.4. The predicted molar refractivity (Wildman–Crippen MR) is 86.3 cm³/mol. The van der Waals surface area contributed by atoms with Gasteiger partial charge in [-0.2, -0.15) is 0 Å². The number of likely N-dealkylation sites (tertiary alicyclic amines) is 1. The van der Waals surface area contributed by atoms with E-state index in [0.717, 1.165) is 17.5 Å². The van der Waals surface area contributed by atoms with Crippen LogP contribution >= 0.6 is 0 Å². The maximum Gasteiger partial charge on any atom is 0.306 e. The second-order valence-corrected chi connectivity index (χ2v) is 6.24. The molecule has 4 heteroatoms. The number of aliphatic carboxylic acids is 1. The van der Waals surface area contributed by atoms with Crippen LogP contribution in [-0.4, -0.2) is 40.9 Å². The number of rotatable bonds is 5. The van der Waals surface area contributed by atoms with Crippen molar-refractivity contribution in [2.45, 2.75) is 46.1 Å². The summed E-state index contributed by atoms with van der Waals surface area (Å²) < 4.78 is 0. The van der Waals surface area contributed by atoms with E-state index in [0.29, 0.717) is 25.9 Å². The van der Waals surface area contributed by atoms with Crippen LogP contribution in [0.2, 0.25) is 0 Å². The minimum atomic E-state index is -0.715. The van der Waals surface area contributed by atoms with Crippen molar-refractivity contribution in [1.29, 1.82) is 0 Å². The third-order valence-electron chi connectivity index (χ3n) is 4.80. The molecule has 0 aliphatic carbocycles. The summed E-state index contributed by atoms with van der Waals surface area (Å²) in [4.78, 5) is 26.0. The van der Waals surface area contributed by atoms with Crippen molar-refractivity contribution >= 4 is 11.8 Å². The smallest absolute Gasteiger partial charge is 0.306 e. The molecule has 1 aromatic rings. The number of aryl methyl sites for hydroxylation is 2. The molecule has 22 heavy (non-hydrogen) atoms. The highest BCUT2D eigenvalue weighted by molar-refractivity contribution is 6.00. The molecule has 1 aliphatic rings. The normalized spacial score (nSPS) is 18.1. The van der Waals surface area contributed by atoms with E-state index >= 15 is 0 Å². The zero-order valence-corrected chi connectivity index (χ0v) is 13.6. The van der Waals surface area contributed by atoms with Gasteiger partial charge in [0.2, 0.25) is 0 Å². The van der Waals surface area contributed by atoms with Crippen LogP contribution in [0.25, 0.3) is 0 Å². The van der Waals surface area contributed by atoms with Crippen molar-refractivity contribution in [2.24, 2.45) is 5.92 Å². The van der Waals surface area contributed by atoms with Crippen molar-refractivity contribution in [1.82, 2.24) is 4.90 Å². The number of benzene rings is 1. The molecule has 0 aromatic heterocycles. The molecule has 1 fully saturated rings. The maximum absolute atomic E-state index is 12.8. The number of Topliss-reactive ketones (excluding diaryl/α,β-unsaturated/α-hetero) is 1. The lowest BCUT2D eigenvalue weighted by Gasteiger charge is -2.35. The van der Waals surface area contributed by atoms with E-state index < -0.39 is 5.97 Å². The van der Waals surface area contributed by atoms with E-state index in [1.165, 1.54) is 5.56 Å². The van der Waals surface area contributed by atoms with Gasteiger partial charge in [0.15, 0.2) is 5.78 Å². The summed E-state index contributed by atoms with van der Waals surface area (Å²) in [6.07, 6.45) is 2.02. The number of hydrogen-bond donors (Lipinski definition) is 1. The Kier molecular flexibility index (Phi) is 5.35. The van der Waals surface area contributed by atoms with E-state index in [1.807, 2.05) is 39.0 Å². The summed E-state index contributed by atoms with van der Waals surface area (Å²) in [6, 6.07) is 5.71. The Morgan fingerprint density at radius 2 is 1.86 bits per heavy atom. The molecule has 2 rings (SSSR count). The number of nitrogens with zero attached hydrogens (tertiary/aromatic N) is 1. The Labute approximate surface area is 132 Å². The Morgan fingerprint density at radius 3 is 2.36 bits per heavy atom. The van der Waals surface area contributed by atoms with Gasteiger partial charge in [0.25, 0.3) is 0 Å². The van der Waals surface area contributed by atoms with Crippen molar-refractivity contribution in [3.8, 4) is 0 Å². The second kappa shape index (κ2) is 7.05. The third-order valence-corrected chi connectivity index (χ3v) is 4.80. The number of carbonyl (C=O) groups is 2. The number of hydrogen-bond acceptors (Lipinski definition) is 3. The molecule has 0 amide bonds. The molecule has 1 atom stereocenters. The van der Waals surface area contributed by atoms with Crippen LogP contribution in [-0.2, 0) is 4.79 Å². The van der Waals surface area contributed by atoms with Crippen molar-refractivity contribution < 1.29 is 14.7 Å². The fourth-order valence-corrected chi connectivity index (χ4v) is 3.15. The highest BCUT2D eigenvalue weighted by Crippen LogP contribution is 2.23. The average Bonchev–Trinajstić information content (AvgIpc) is 2.51. The highest BCUT2D eigenvalue weighted by Gasteiger charge is 2.31. The van der Waals surface area contributed by atoms with Gasteiger partial charge in [0.05, 0.1) is 12.0 Å². The maximum atomic E-state index is 12.8. The third kappa shape index (κ3) is 3.55. The standard InChI is InChI=1S/C18H25NO3/c1-4-16(19-9-7-14(8-10-19)18(21)22)17(20)15-6-5-12(2)13(3)11-15/h5-6,11,14,16H,4,7-10H2,1-3H3,(H,21,22). The summed E-state index contributed by atoms with van der Waals surface area (Å²) in [5.74, 6) is -0.821. The molecule has 1 aliphatic heterocycles. The average molecular weight is 303 g/mol. The molecule has 0 radical (unpaired) electrons. The summed E-state index contributed by atoms with van der Waals surface area (Å²) in [5.41, 5.74) is 3.08. The van der Waals surface area contributed by atoms with E-state index in [-0.39, 0.29) is 17.7 Å². The fraction of sp³-hybridized carbons (Fsp3) is 0.556. The summed E-state index contributed by atoms with van der Waals surface area (Å²) in [7, 11) is 0. The van der Waals surface area contributed by atoms with Crippen LogP contribution in [0.3, 0.4) is 0 Å². The Hall–Kier alpha value is -1.68. The molecule has 0 saturated carbocycles. The molecule has 120 valence electrons. The van der Waals surface area contributed by atoms with Gasteiger partial charge in [-0.3, -0.25) is 14.5 Å². The summed E-state index contributed by atoms with van der Waals surface area (Å²) >= 11 is 0. The number of piperidine rings is 1. The van der Waals surface area contributed by atoms with Crippen LogP contribution in [0.4, 0.5) is 0 Å². The van der Waals surface area contributed by atoms with Gasteiger partial charge in [0.1, 0.15) is 0 Å². The second-order valence-electron chi connectivity index (χ2n) is 6.24. The number of carboxylic acid groups (broad SMARTS) is 1. The zero-order chi connectivity index (χ0) is 16.3. The van der Waals surface area contributed by atoms with Crippen molar-refractivity contribution in [3.63, 3.8) is 0 Å². The molecule has 1 N–H and O–H groups in total. The van der Waals surface area contributed by atoms with Gasteiger partial charge in [-0.05, 0) is 63.4 Å². The molecule has 1 aromatic carbocycles. The monoisotopic (exact) mass is 303 g/mol. The molecular formula is C18H25NO3.